The topological polar surface area (TPSA) is 42.0 Å². The van der Waals surface area contributed by atoms with Crippen LogP contribution in [-0.2, 0) is 0 Å². The monoisotopic (exact) mass is 344 g/mol. The number of nitrogens with zero attached hydrogens (tertiary/aromatic N) is 1. The maximum absolute atomic E-state index is 11.8. The molecule has 1 aromatic heterocycles. The molecule has 0 radical (unpaired) electrons. The number of hydrogen-bond donors (Lipinski definition) is 1. The molecule has 0 aliphatic carbocycles. The maximum atomic E-state index is 11.8. The molecule has 0 fully saturated rings. The fraction of sp³-hybridized carbons (Fsp3) is 0.0909. The van der Waals surface area contributed by atoms with Crippen LogP contribution in [-0.4, -0.2) is 10.9 Å². The number of carbonyl (C=O) groups excluding carboxylic acids is 1. The number of nitrogens with one attached hydrogen (secondary N) is 1. The lowest BCUT2D eigenvalue weighted by molar-refractivity contribution is 0.102. The second kappa shape index (κ2) is 4.92. The van der Waals surface area contributed by atoms with Gasteiger partial charge in [0.2, 0.25) is 0 Å². The molecule has 1 amide bonds. The summed E-state index contributed by atoms with van der Waals surface area (Å²) in [6.07, 6.45) is 0. The fourth-order valence-electron chi connectivity index (χ4n) is 1.23. The third-order valence-electron chi connectivity index (χ3n) is 1.93. The van der Waals surface area contributed by atoms with Crippen molar-refractivity contribution in [3.63, 3.8) is 0 Å². The molecular formula is C11H9IN2OS. The molecule has 2 aromatic rings. The van der Waals surface area contributed by atoms with E-state index < -0.39 is 0 Å². The van der Waals surface area contributed by atoms with Gasteiger partial charge in [-0.1, -0.05) is 6.07 Å². The Morgan fingerprint density at radius 1 is 1.50 bits per heavy atom. The first-order chi connectivity index (χ1) is 7.65. The zero-order valence-corrected chi connectivity index (χ0v) is 11.5. The van der Waals surface area contributed by atoms with E-state index in [1.165, 1.54) is 11.3 Å². The number of anilines is 1. The lowest BCUT2D eigenvalue weighted by Gasteiger charge is -2.02. The van der Waals surface area contributed by atoms with Gasteiger partial charge >= 0.3 is 0 Å². The van der Waals surface area contributed by atoms with Crippen LogP contribution in [0.5, 0.6) is 0 Å². The smallest absolute Gasteiger partial charge is 0.275 e. The van der Waals surface area contributed by atoms with Gasteiger partial charge in [0.05, 0.1) is 5.01 Å². The van der Waals surface area contributed by atoms with Gasteiger partial charge in [0.15, 0.2) is 0 Å². The molecule has 82 valence electrons. The van der Waals surface area contributed by atoms with Crippen molar-refractivity contribution in [3.8, 4) is 0 Å². The molecule has 5 heteroatoms. The first-order valence-electron chi connectivity index (χ1n) is 4.64. The largest absolute Gasteiger partial charge is 0.321 e. The van der Waals surface area contributed by atoms with E-state index >= 15 is 0 Å². The van der Waals surface area contributed by atoms with E-state index in [-0.39, 0.29) is 5.91 Å². The van der Waals surface area contributed by atoms with E-state index in [0.29, 0.717) is 5.69 Å². The second-order valence-electron chi connectivity index (χ2n) is 3.22. The van der Waals surface area contributed by atoms with Gasteiger partial charge in [0.25, 0.3) is 5.91 Å². The van der Waals surface area contributed by atoms with Crippen molar-refractivity contribution < 1.29 is 4.79 Å². The number of halogens is 1. The Labute approximate surface area is 111 Å². The predicted octanol–water partition coefficient (Wildman–Crippen LogP) is 3.31. The molecule has 1 heterocycles. The number of aryl methyl sites for hydroxylation is 1. The minimum Gasteiger partial charge on any atom is -0.321 e. The molecule has 2 rings (SSSR count). The molecule has 3 nitrogen and oxygen atoms in total. The Kier molecular flexibility index (Phi) is 3.55. The van der Waals surface area contributed by atoms with E-state index in [0.717, 1.165) is 14.3 Å². The van der Waals surface area contributed by atoms with Gasteiger partial charge in [-0.2, -0.15) is 0 Å². The van der Waals surface area contributed by atoms with Crippen LogP contribution in [0.25, 0.3) is 0 Å². The zero-order valence-electron chi connectivity index (χ0n) is 8.53. The van der Waals surface area contributed by atoms with Crippen LogP contribution in [0.4, 0.5) is 5.69 Å². The normalized spacial score (nSPS) is 10.1. The summed E-state index contributed by atoms with van der Waals surface area (Å²) in [6.45, 7) is 1.88. The van der Waals surface area contributed by atoms with Crippen molar-refractivity contribution in [3.05, 3.63) is 43.9 Å². The van der Waals surface area contributed by atoms with E-state index in [1.54, 1.807) is 5.38 Å². The van der Waals surface area contributed by atoms with Crippen LogP contribution in [0.3, 0.4) is 0 Å². The zero-order chi connectivity index (χ0) is 11.5. The molecule has 0 saturated heterocycles. The minimum atomic E-state index is -0.161. The van der Waals surface area contributed by atoms with Gasteiger partial charge in [0, 0.05) is 14.6 Å². The summed E-state index contributed by atoms with van der Waals surface area (Å²) in [7, 11) is 0. The summed E-state index contributed by atoms with van der Waals surface area (Å²) in [5.41, 5.74) is 1.27. The van der Waals surface area contributed by atoms with Crippen molar-refractivity contribution in [2.45, 2.75) is 6.92 Å². The predicted molar refractivity (Wildman–Crippen MR) is 74.0 cm³/mol. The molecule has 0 spiro atoms. The molecule has 16 heavy (non-hydrogen) atoms. The standard InChI is InChI=1S/C11H9IN2OS/c1-7-13-10(6-16-7)11(15)14-9-4-2-3-8(12)5-9/h2-6H,1H3,(H,14,15). The van der Waals surface area contributed by atoms with Crippen LogP contribution in [0.2, 0.25) is 0 Å². The summed E-state index contributed by atoms with van der Waals surface area (Å²) >= 11 is 3.68. The van der Waals surface area contributed by atoms with Crippen molar-refractivity contribution in [2.24, 2.45) is 0 Å². The number of rotatable bonds is 2. The maximum Gasteiger partial charge on any atom is 0.275 e. The minimum absolute atomic E-state index is 0.161. The average Bonchev–Trinajstić information content (AvgIpc) is 2.65. The third-order valence-corrected chi connectivity index (χ3v) is 3.38. The van der Waals surface area contributed by atoms with E-state index in [4.69, 9.17) is 0 Å². The van der Waals surface area contributed by atoms with Crippen molar-refractivity contribution in [2.75, 3.05) is 5.32 Å². The highest BCUT2D eigenvalue weighted by Gasteiger charge is 2.09. The first kappa shape index (κ1) is 11.5. The fourth-order valence-corrected chi connectivity index (χ4v) is 2.37. The number of benzene rings is 1. The Hall–Kier alpha value is -0.950. The van der Waals surface area contributed by atoms with Gasteiger partial charge < -0.3 is 5.32 Å². The highest BCUT2D eigenvalue weighted by atomic mass is 127. The van der Waals surface area contributed by atoms with Crippen LogP contribution >= 0.6 is 33.9 Å². The van der Waals surface area contributed by atoms with E-state index in [1.807, 2.05) is 31.2 Å². The molecule has 0 saturated carbocycles. The van der Waals surface area contributed by atoms with Crippen LogP contribution in [0, 0.1) is 10.5 Å². The van der Waals surface area contributed by atoms with Gasteiger partial charge in [-0.3, -0.25) is 4.79 Å². The van der Waals surface area contributed by atoms with Gasteiger partial charge in [-0.15, -0.1) is 11.3 Å². The van der Waals surface area contributed by atoms with Crippen LogP contribution in [0.15, 0.2) is 29.6 Å². The van der Waals surface area contributed by atoms with E-state index in [2.05, 4.69) is 32.9 Å². The molecule has 0 aliphatic rings. The average molecular weight is 344 g/mol. The van der Waals surface area contributed by atoms with Crippen LogP contribution in [0.1, 0.15) is 15.5 Å². The summed E-state index contributed by atoms with van der Waals surface area (Å²) in [4.78, 5) is 15.9. The molecule has 1 N–H and O–H groups in total. The number of amides is 1. The number of aromatic nitrogens is 1. The first-order valence-corrected chi connectivity index (χ1v) is 6.60. The Balaban J connectivity index is 2.13. The summed E-state index contributed by atoms with van der Waals surface area (Å²) in [5.74, 6) is -0.161. The highest BCUT2D eigenvalue weighted by Crippen LogP contribution is 2.14. The molecular weight excluding hydrogens is 335 g/mol. The Morgan fingerprint density at radius 2 is 2.31 bits per heavy atom. The van der Waals surface area contributed by atoms with Gasteiger partial charge in [-0.05, 0) is 47.7 Å². The second-order valence-corrected chi connectivity index (χ2v) is 5.52. The summed E-state index contributed by atoms with van der Waals surface area (Å²) in [5, 5.41) is 5.47. The van der Waals surface area contributed by atoms with Crippen molar-refractivity contribution in [1.82, 2.24) is 4.98 Å². The highest BCUT2D eigenvalue weighted by molar-refractivity contribution is 14.1. The van der Waals surface area contributed by atoms with Crippen molar-refractivity contribution >= 4 is 45.5 Å². The quantitative estimate of drug-likeness (QED) is 0.850. The number of carbonyl (C=O) groups is 1. The Bertz CT molecular complexity index is 524. The molecule has 0 unspecified atom stereocenters. The summed E-state index contributed by atoms with van der Waals surface area (Å²) < 4.78 is 1.09. The van der Waals surface area contributed by atoms with Gasteiger partial charge in [-0.25, -0.2) is 4.98 Å². The van der Waals surface area contributed by atoms with Crippen molar-refractivity contribution in [1.29, 1.82) is 0 Å². The van der Waals surface area contributed by atoms with Gasteiger partial charge in [0.1, 0.15) is 5.69 Å². The molecule has 0 bridgehead atoms. The lowest BCUT2D eigenvalue weighted by Crippen LogP contribution is -2.12. The third kappa shape index (κ3) is 2.79. The SMILES string of the molecule is Cc1nc(C(=O)Nc2cccc(I)c2)cs1. The number of thiazole rings is 1. The molecule has 0 aliphatic heterocycles. The lowest BCUT2D eigenvalue weighted by atomic mass is 10.3. The summed E-state index contributed by atoms with van der Waals surface area (Å²) in [6, 6.07) is 7.66. The van der Waals surface area contributed by atoms with E-state index in [9.17, 15) is 4.79 Å². The number of hydrogen-bond acceptors (Lipinski definition) is 3. The molecule has 0 atom stereocenters. The molecule has 1 aromatic carbocycles. The Morgan fingerprint density at radius 3 is 2.94 bits per heavy atom. The van der Waals surface area contributed by atoms with Crippen LogP contribution < -0.4 is 5.32 Å².